The van der Waals surface area contributed by atoms with Crippen molar-refractivity contribution in [2.24, 2.45) is 21.5 Å². The van der Waals surface area contributed by atoms with Gasteiger partial charge in [0.2, 0.25) is 11.9 Å². The second-order valence-corrected chi connectivity index (χ2v) is 4.45. The molecule has 0 radical (unpaired) electrons. The molecule has 100 valence electrons. The molecule has 0 saturated carbocycles. The van der Waals surface area contributed by atoms with Gasteiger partial charge in [-0.05, 0) is 17.7 Å². The van der Waals surface area contributed by atoms with Crippen LogP contribution in [0.2, 0.25) is 0 Å². The van der Waals surface area contributed by atoms with Crippen LogP contribution in [0.4, 0.5) is 5.69 Å². The van der Waals surface area contributed by atoms with Gasteiger partial charge in [-0.3, -0.25) is 4.90 Å². The van der Waals surface area contributed by atoms with E-state index in [1.165, 1.54) is 0 Å². The van der Waals surface area contributed by atoms with Crippen LogP contribution < -0.4 is 16.4 Å². The van der Waals surface area contributed by atoms with Crippen LogP contribution in [0, 0.1) is 0 Å². The highest BCUT2D eigenvalue weighted by molar-refractivity contribution is 6.04. The summed E-state index contributed by atoms with van der Waals surface area (Å²) in [6, 6.07) is 19.7. The summed E-state index contributed by atoms with van der Waals surface area (Å²) in [6.07, 6.45) is -0.295. The molecule has 0 saturated heterocycles. The number of anilines is 1. The molecule has 2 aromatic rings. The summed E-state index contributed by atoms with van der Waals surface area (Å²) in [5, 5.41) is 0. The predicted octanol–water partition coefficient (Wildman–Crippen LogP) is 1.83. The van der Waals surface area contributed by atoms with E-state index in [1.807, 2.05) is 65.6 Å². The van der Waals surface area contributed by atoms with Crippen molar-refractivity contribution in [1.29, 1.82) is 0 Å². The molecule has 1 heterocycles. The zero-order valence-corrected chi connectivity index (χ0v) is 10.8. The van der Waals surface area contributed by atoms with Gasteiger partial charge in [-0.2, -0.15) is 4.99 Å². The fourth-order valence-corrected chi connectivity index (χ4v) is 2.22. The third-order valence-corrected chi connectivity index (χ3v) is 3.11. The van der Waals surface area contributed by atoms with Crippen LogP contribution in [-0.4, -0.2) is 11.9 Å². The third-order valence-electron chi connectivity index (χ3n) is 3.11. The van der Waals surface area contributed by atoms with Crippen LogP contribution in [0.1, 0.15) is 11.7 Å². The molecule has 0 bridgehead atoms. The summed E-state index contributed by atoms with van der Waals surface area (Å²) in [5.74, 6) is 0.543. The first-order valence-electron chi connectivity index (χ1n) is 6.32. The van der Waals surface area contributed by atoms with Gasteiger partial charge in [0.05, 0.1) is 0 Å². The van der Waals surface area contributed by atoms with Crippen molar-refractivity contribution in [3.63, 3.8) is 0 Å². The first-order valence-corrected chi connectivity index (χ1v) is 6.32. The van der Waals surface area contributed by atoms with Crippen molar-refractivity contribution < 1.29 is 0 Å². The lowest BCUT2D eigenvalue weighted by molar-refractivity contribution is 0.736. The van der Waals surface area contributed by atoms with Crippen LogP contribution in [0.5, 0.6) is 0 Å². The minimum atomic E-state index is -0.295. The van der Waals surface area contributed by atoms with E-state index in [4.69, 9.17) is 11.5 Å². The predicted molar refractivity (Wildman–Crippen MR) is 81.3 cm³/mol. The van der Waals surface area contributed by atoms with Crippen molar-refractivity contribution in [2.45, 2.75) is 6.17 Å². The molecule has 5 heteroatoms. The number of benzene rings is 2. The van der Waals surface area contributed by atoms with Crippen LogP contribution >= 0.6 is 0 Å². The van der Waals surface area contributed by atoms with Crippen LogP contribution in [-0.2, 0) is 0 Å². The highest BCUT2D eigenvalue weighted by atomic mass is 15.4. The van der Waals surface area contributed by atoms with Crippen molar-refractivity contribution in [3.05, 3.63) is 66.2 Å². The maximum Gasteiger partial charge on any atom is 0.221 e. The Morgan fingerprint density at radius 3 is 2.10 bits per heavy atom. The van der Waals surface area contributed by atoms with Crippen LogP contribution in [0.15, 0.2) is 70.6 Å². The minimum absolute atomic E-state index is 0.198. The summed E-state index contributed by atoms with van der Waals surface area (Å²) in [6.45, 7) is 0. The van der Waals surface area contributed by atoms with Crippen molar-refractivity contribution >= 4 is 17.6 Å². The SMILES string of the molecule is NC1=N[C@@H](c2ccccc2)N(c2ccccc2)C(N)=N1. The molecule has 2 aromatic carbocycles. The maximum absolute atomic E-state index is 6.04. The molecule has 0 unspecified atom stereocenters. The highest BCUT2D eigenvalue weighted by Crippen LogP contribution is 2.29. The first kappa shape index (κ1) is 12.2. The summed E-state index contributed by atoms with van der Waals surface area (Å²) in [4.78, 5) is 10.3. The second-order valence-electron chi connectivity index (χ2n) is 4.45. The van der Waals surface area contributed by atoms with Gasteiger partial charge in [0.25, 0.3) is 0 Å². The first-order chi connectivity index (χ1) is 9.75. The lowest BCUT2D eigenvalue weighted by atomic mass is 10.1. The van der Waals surface area contributed by atoms with Crippen LogP contribution in [0.3, 0.4) is 0 Å². The van der Waals surface area contributed by atoms with Gasteiger partial charge in [-0.25, -0.2) is 4.99 Å². The second kappa shape index (κ2) is 5.05. The minimum Gasteiger partial charge on any atom is -0.369 e. The van der Waals surface area contributed by atoms with E-state index in [9.17, 15) is 0 Å². The molecule has 1 aliphatic heterocycles. The molecular formula is C15H15N5. The van der Waals surface area contributed by atoms with E-state index in [-0.39, 0.29) is 12.1 Å². The monoisotopic (exact) mass is 265 g/mol. The number of para-hydroxylation sites is 1. The van der Waals surface area contributed by atoms with Crippen LogP contribution in [0.25, 0.3) is 0 Å². The van der Waals surface area contributed by atoms with Gasteiger partial charge in [0.1, 0.15) is 0 Å². The van der Waals surface area contributed by atoms with E-state index in [1.54, 1.807) is 0 Å². The van der Waals surface area contributed by atoms with Crippen molar-refractivity contribution in [3.8, 4) is 0 Å². The summed E-state index contributed by atoms with van der Waals surface area (Å²) in [5.41, 5.74) is 13.7. The molecule has 0 amide bonds. The van der Waals surface area contributed by atoms with Gasteiger partial charge < -0.3 is 11.5 Å². The number of nitrogens with two attached hydrogens (primary N) is 2. The van der Waals surface area contributed by atoms with E-state index in [0.717, 1.165) is 11.3 Å². The Morgan fingerprint density at radius 2 is 1.45 bits per heavy atom. The summed E-state index contributed by atoms with van der Waals surface area (Å²) >= 11 is 0. The average molecular weight is 265 g/mol. The Balaban J connectivity index is 2.08. The summed E-state index contributed by atoms with van der Waals surface area (Å²) < 4.78 is 0. The molecule has 0 spiro atoms. The van der Waals surface area contributed by atoms with Gasteiger partial charge in [-0.15, -0.1) is 0 Å². The Labute approximate surface area is 117 Å². The molecule has 0 fully saturated rings. The molecular weight excluding hydrogens is 250 g/mol. The molecule has 4 N–H and O–H groups in total. The normalized spacial score (nSPS) is 18.4. The van der Waals surface area contributed by atoms with E-state index >= 15 is 0 Å². The van der Waals surface area contributed by atoms with Gasteiger partial charge in [-0.1, -0.05) is 48.5 Å². The quantitative estimate of drug-likeness (QED) is 0.869. The zero-order valence-electron chi connectivity index (χ0n) is 10.8. The van der Waals surface area contributed by atoms with Gasteiger partial charge >= 0.3 is 0 Å². The topological polar surface area (TPSA) is 80.0 Å². The average Bonchev–Trinajstić information content (AvgIpc) is 2.48. The van der Waals surface area contributed by atoms with Crippen molar-refractivity contribution in [2.75, 3.05) is 4.90 Å². The Morgan fingerprint density at radius 1 is 0.850 bits per heavy atom. The van der Waals surface area contributed by atoms with E-state index in [2.05, 4.69) is 9.98 Å². The number of guanidine groups is 2. The molecule has 3 rings (SSSR count). The smallest absolute Gasteiger partial charge is 0.221 e. The molecule has 1 atom stereocenters. The highest BCUT2D eigenvalue weighted by Gasteiger charge is 2.26. The number of nitrogens with zero attached hydrogens (tertiary/aromatic N) is 3. The fourth-order valence-electron chi connectivity index (χ4n) is 2.22. The molecule has 5 nitrogen and oxygen atoms in total. The molecule has 20 heavy (non-hydrogen) atoms. The lowest BCUT2D eigenvalue weighted by Gasteiger charge is -2.32. The lowest BCUT2D eigenvalue weighted by Crippen LogP contribution is -2.44. The van der Waals surface area contributed by atoms with Gasteiger partial charge in [0.15, 0.2) is 6.17 Å². The fraction of sp³-hybridized carbons (Fsp3) is 0.0667. The molecule has 0 aliphatic carbocycles. The summed E-state index contributed by atoms with van der Waals surface area (Å²) in [7, 11) is 0. The largest absolute Gasteiger partial charge is 0.369 e. The third kappa shape index (κ3) is 2.21. The zero-order chi connectivity index (χ0) is 13.9. The Kier molecular flexibility index (Phi) is 3.09. The van der Waals surface area contributed by atoms with Gasteiger partial charge in [0, 0.05) is 5.69 Å². The number of aliphatic imine (C=N–C) groups is 2. The van der Waals surface area contributed by atoms with E-state index < -0.39 is 0 Å². The Bertz CT molecular complexity index is 648. The van der Waals surface area contributed by atoms with Crippen molar-refractivity contribution in [1.82, 2.24) is 0 Å². The number of hydrogen-bond donors (Lipinski definition) is 2. The number of rotatable bonds is 2. The standard InChI is InChI=1S/C15H15N5/c16-14-18-13(11-7-3-1-4-8-11)20(15(17)19-14)12-9-5-2-6-10-12/h1-10,13H,(H4,16,17,18,19)/t13-/m1/s1. The molecule has 0 aromatic heterocycles. The maximum atomic E-state index is 6.04. The van der Waals surface area contributed by atoms with E-state index in [0.29, 0.717) is 5.96 Å². The molecule has 1 aliphatic rings. The Hall–Kier alpha value is -2.82. The number of hydrogen-bond acceptors (Lipinski definition) is 5.